The van der Waals surface area contributed by atoms with Crippen molar-refractivity contribution in [3.8, 4) is 11.7 Å². The predicted molar refractivity (Wildman–Crippen MR) is 92.3 cm³/mol. The Hall–Kier alpha value is -2.41. The number of hydrogen-bond acceptors (Lipinski definition) is 5. The summed E-state index contributed by atoms with van der Waals surface area (Å²) in [5.74, 6) is 0.831. The van der Waals surface area contributed by atoms with E-state index in [0.29, 0.717) is 30.4 Å². The first kappa shape index (κ1) is 17.9. The highest BCUT2D eigenvalue weighted by atomic mass is 16.3. The average molecular weight is 331 g/mol. The van der Waals surface area contributed by atoms with E-state index in [4.69, 9.17) is 0 Å². The molecule has 7 nitrogen and oxygen atoms in total. The van der Waals surface area contributed by atoms with Gasteiger partial charge in [0, 0.05) is 25.4 Å². The molecule has 0 spiro atoms. The van der Waals surface area contributed by atoms with Crippen LogP contribution in [0.5, 0.6) is 5.88 Å². The number of aromatic nitrogens is 3. The van der Waals surface area contributed by atoms with Crippen molar-refractivity contribution in [1.29, 1.82) is 0 Å². The minimum absolute atomic E-state index is 0.00933. The molecule has 0 radical (unpaired) electrons. The van der Waals surface area contributed by atoms with Crippen LogP contribution in [0.15, 0.2) is 30.6 Å². The van der Waals surface area contributed by atoms with Crippen molar-refractivity contribution in [3.63, 3.8) is 0 Å². The highest BCUT2D eigenvalue weighted by Crippen LogP contribution is 2.14. The molecule has 1 amide bonds. The molecule has 2 N–H and O–H groups in total. The van der Waals surface area contributed by atoms with Crippen LogP contribution in [-0.4, -0.2) is 57.4 Å². The van der Waals surface area contributed by atoms with Crippen LogP contribution >= 0.6 is 0 Å². The first-order chi connectivity index (χ1) is 11.6. The lowest BCUT2D eigenvalue weighted by Gasteiger charge is -2.25. The van der Waals surface area contributed by atoms with E-state index in [1.807, 2.05) is 11.9 Å². The molecule has 2 aromatic rings. The Morgan fingerprint density at radius 1 is 1.42 bits per heavy atom. The van der Waals surface area contributed by atoms with E-state index in [0.717, 1.165) is 13.0 Å². The van der Waals surface area contributed by atoms with Crippen molar-refractivity contribution in [2.45, 2.75) is 20.3 Å². The van der Waals surface area contributed by atoms with Gasteiger partial charge in [-0.2, -0.15) is 9.78 Å². The van der Waals surface area contributed by atoms with Crippen molar-refractivity contribution < 1.29 is 9.90 Å². The van der Waals surface area contributed by atoms with Crippen LogP contribution in [-0.2, 0) is 0 Å². The van der Waals surface area contributed by atoms with Gasteiger partial charge in [-0.1, -0.05) is 13.8 Å². The molecular weight excluding hydrogens is 306 g/mol. The number of aromatic hydroxyl groups is 1. The number of amides is 1. The standard InChI is InChI=1S/C17H25N5O2/c1-4-9-21(12-13(2)10-18-3)17(24)14-5-6-15(19-11-14)22-16(23)7-8-20-22/h5-8,11,13,18,23H,4,9-10,12H2,1-3H3. The van der Waals surface area contributed by atoms with Gasteiger partial charge in [-0.25, -0.2) is 4.98 Å². The first-order valence-electron chi connectivity index (χ1n) is 8.20. The third-order valence-electron chi connectivity index (χ3n) is 3.70. The molecule has 0 aliphatic heterocycles. The summed E-state index contributed by atoms with van der Waals surface area (Å²) in [5, 5.41) is 16.8. The van der Waals surface area contributed by atoms with Gasteiger partial charge < -0.3 is 15.3 Å². The van der Waals surface area contributed by atoms with E-state index in [9.17, 15) is 9.90 Å². The zero-order valence-electron chi connectivity index (χ0n) is 14.4. The van der Waals surface area contributed by atoms with E-state index in [1.54, 1.807) is 12.1 Å². The maximum absolute atomic E-state index is 12.7. The van der Waals surface area contributed by atoms with Crippen molar-refractivity contribution in [2.75, 3.05) is 26.7 Å². The van der Waals surface area contributed by atoms with Crippen LogP contribution in [0, 0.1) is 5.92 Å². The molecule has 2 aromatic heterocycles. The summed E-state index contributed by atoms with van der Waals surface area (Å²) in [5.41, 5.74) is 0.538. The number of nitrogens with zero attached hydrogens (tertiary/aromatic N) is 4. The Morgan fingerprint density at radius 3 is 2.75 bits per heavy atom. The van der Waals surface area contributed by atoms with Gasteiger partial charge in [0.15, 0.2) is 5.82 Å². The maximum atomic E-state index is 12.7. The van der Waals surface area contributed by atoms with Gasteiger partial charge in [-0.15, -0.1) is 0 Å². The third kappa shape index (κ3) is 4.32. The topological polar surface area (TPSA) is 83.3 Å². The fourth-order valence-corrected chi connectivity index (χ4v) is 2.63. The van der Waals surface area contributed by atoms with E-state index in [2.05, 4.69) is 29.2 Å². The Morgan fingerprint density at radius 2 is 2.21 bits per heavy atom. The molecule has 0 aliphatic rings. The molecular formula is C17H25N5O2. The fourth-order valence-electron chi connectivity index (χ4n) is 2.63. The lowest BCUT2D eigenvalue weighted by molar-refractivity contribution is 0.0732. The zero-order chi connectivity index (χ0) is 17.5. The summed E-state index contributed by atoms with van der Waals surface area (Å²) >= 11 is 0. The molecule has 130 valence electrons. The molecule has 0 fully saturated rings. The van der Waals surface area contributed by atoms with Gasteiger partial charge in [0.1, 0.15) is 0 Å². The van der Waals surface area contributed by atoms with Crippen LogP contribution < -0.4 is 5.32 Å². The van der Waals surface area contributed by atoms with Crippen LogP contribution in [0.3, 0.4) is 0 Å². The van der Waals surface area contributed by atoms with Crippen LogP contribution in [0.25, 0.3) is 5.82 Å². The normalized spacial score (nSPS) is 12.1. The first-order valence-corrected chi connectivity index (χ1v) is 8.20. The van der Waals surface area contributed by atoms with E-state index < -0.39 is 0 Å². The number of carbonyl (C=O) groups is 1. The molecule has 0 saturated carbocycles. The van der Waals surface area contributed by atoms with Gasteiger partial charge >= 0.3 is 0 Å². The molecule has 2 heterocycles. The molecule has 1 atom stereocenters. The highest BCUT2D eigenvalue weighted by molar-refractivity contribution is 5.94. The van der Waals surface area contributed by atoms with E-state index in [1.165, 1.54) is 23.1 Å². The summed E-state index contributed by atoms with van der Waals surface area (Å²) in [4.78, 5) is 18.8. The summed E-state index contributed by atoms with van der Waals surface area (Å²) in [7, 11) is 1.91. The number of carbonyl (C=O) groups excluding carboxylic acids is 1. The molecule has 7 heteroatoms. The van der Waals surface area contributed by atoms with Gasteiger partial charge in [-0.05, 0) is 38.1 Å². The highest BCUT2D eigenvalue weighted by Gasteiger charge is 2.18. The van der Waals surface area contributed by atoms with E-state index >= 15 is 0 Å². The monoisotopic (exact) mass is 331 g/mol. The Kier molecular flexibility index (Phi) is 6.31. The third-order valence-corrected chi connectivity index (χ3v) is 3.70. The molecule has 0 aliphatic carbocycles. The molecule has 1 unspecified atom stereocenters. The smallest absolute Gasteiger partial charge is 0.255 e. The van der Waals surface area contributed by atoms with Crippen LogP contribution in [0.2, 0.25) is 0 Å². The zero-order valence-corrected chi connectivity index (χ0v) is 14.4. The second kappa shape index (κ2) is 8.44. The van der Waals surface area contributed by atoms with Gasteiger partial charge in [0.05, 0.1) is 11.8 Å². The predicted octanol–water partition coefficient (Wildman–Crippen LogP) is 1.68. The number of nitrogens with one attached hydrogen (secondary N) is 1. The van der Waals surface area contributed by atoms with Crippen molar-refractivity contribution in [2.24, 2.45) is 5.92 Å². The maximum Gasteiger partial charge on any atom is 0.255 e. The van der Waals surface area contributed by atoms with Crippen LogP contribution in [0.1, 0.15) is 30.6 Å². The summed E-state index contributed by atoms with van der Waals surface area (Å²) in [6.45, 7) is 6.46. The molecule has 2 rings (SSSR count). The minimum atomic E-state index is -0.0245. The largest absolute Gasteiger partial charge is 0.493 e. The van der Waals surface area contributed by atoms with Gasteiger partial charge in [-0.3, -0.25) is 4.79 Å². The van der Waals surface area contributed by atoms with E-state index in [-0.39, 0.29) is 11.8 Å². The van der Waals surface area contributed by atoms with Gasteiger partial charge in [0.25, 0.3) is 5.91 Å². The SMILES string of the molecule is CCCN(CC(C)CNC)C(=O)c1ccc(-n2nccc2O)nc1. The molecule has 24 heavy (non-hydrogen) atoms. The summed E-state index contributed by atoms with van der Waals surface area (Å²) in [6, 6.07) is 4.88. The number of hydrogen-bond donors (Lipinski definition) is 2. The Labute approximate surface area is 142 Å². The summed E-state index contributed by atoms with van der Waals surface area (Å²) in [6.07, 6.45) is 3.93. The molecule has 0 aromatic carbocycles. The Bertz CT molecular complexity index is 653. The second-order valence-electron chi connectivity index (χ2n) is 5.92. The molecule has 0 saturated heterocycles. The van der Waals surface area contributed by atoms with Crippen molar-refractivity contribution in [3.05, 3.63) is 36.2 Å². The van der Waals surface area contributed by atoms with Crippen molar-refractivity contribution >= 4 is 5.91 Å². The van der Waals surface area contributed by atoms with Crippen molar-refractivity contribution in [1.82, 2.24) is 25.0 Å². The molecule has 0 bridgehead atoms. The minimum Gasteiger partial charge on any atom is -0.493 e. The number of pyridine rings is 1. The second-order valence-corrected chi connectivity index (χ2v) is 5.92. The number of rotatable bonds is 8. The van der Waals surface area contributed by atoms with Gasteiger partial charge in [0.2, 0.25) is 5.88 Å². The lowest BCUT2D eigenvalue weighted by Crippen LogP contribution is -2.37. The quantitative estimate of drug-likeness (QED) is 0.769. The lowest BCUT2D eigenvalue weighted by atomic mass is 10.1. The van der Waals surface area contributed by atoms with Crippen LogP contribution in [0.4, 0.5) is 0 Å². The summed E-state index contributed by atoms with van der Waals surface area (Å²) < 4.78 is 1.31. The average Bonchev–Trinajstić information content (AvgIpc) is 3.00. The fraction of sp³-hybridized carbons (Fsp3) is 0.471. The Balaban J connectivity index is 2.13.